The number of hydrogen-bond donors (Lipinski definition) is 2. The zero-order valence-electron chi connectivity index (χ0n) is 16.0. The van der Waals surface area contributed by atoms with Crippen LogP contribution in [0.2, 0.25) is 0 Å². The molecule has 150 valence electrons. The molecule has 0 saturated heterocycles. The molecule has 26 heavy (non-hydrogen) atoms. The van der Waals surface area contributed by atoms with Gasteiger partial charge in [-0.2, -0.15) is 0 Å². The highest BCUT2D eigenvalue weighted by molar-refractivity contribution is 14.0. The van der Waals surface area contributed by atoms with Crippen LogP contribution in [-0.2, 0) is 16.0 Å². The maximum Gasteiger partial charge on any atom is 0.191 e. The monoisotopic (exact) mass is 482 g/mol. The SMILES string of the molecule is CN=C(NCCCOCCOC)NCCN(C)Cc1ccc(F)cc1.I. The Morgan fingerprint density at radius 2 is 1.81 bits per heavy atom. The second-order valence-corrected chi connectivity index (χ2v) is 5.75. The largest absolute Gasteiger partial charge is 0.382 e. The van der Waals surface area contributed by atoms with Crippen molar-refractivity contribution in [1.82, 2.24) is 15.5 Å². The molecule has 2 N–H and O–H groups in total. The summed E-state index contributed by atoms with van der Waals surface area (Å²) >= 11 is 0. The summed E-state index contributed by atoms with van der Waals surface area (Å²) in [6.45, 7) is 5.19. The van der Waals surface area contributed by atoms with E-state index in [1.165, 1.54) is 12.1 Å². The lowest BCUT2D eigenvalue weighted by Gasteiger charge is -2.18. The van der Waals surface area contributed by atoms with Gasteiger partial charge in [0.2, 0.25) is 0 Å². The van der Waals surface area contributed by atoms with Crippen LogP contribution in [0, 0.1) is 5.82 Å². The van der Waals surface area contributed by atoms with Crippen LogP contribution in [0.3, 0.4) is 0 Å². The van der Waals surface area contributed by atoms with E-state index in [0.717, 1.165) is 44.1 Å². The summed E-state index contributed by atoms with van der Waals surface area (Å²) in [7, 11) is 5.46. The first-order valence-electron chi connectivity index (χ1n) is 8.60. The van der Waals surface area contributed by atoms with Crippen LogP contribution in [0.5, 0.6) is 0 Å². The predicted molar refractivity (Wildman–Crippen MR) is 115 cm³/mol. The zero-order valence-corrected chi connectivity index (χ0v) is 18.3. The quantitative estimate of drug-likeness (QED) is 0.207. The lowest BCUT2D eigenvalue weighted by atomic mass is 10.2. The number of hydrogen-bond acceptors (Lipinski definition) is 4. The molecule has 0 aliphatic carbocycles. The van der Waals surface area contributed by atoms with Gasteiger partial charge in [0.15, 0.2) is 5.96 Å². The molecule has 0 aliphatic heterocycles. The molecular weight excluding hydrogens is 450 g/mol. The fraction of sp³-hybridized carbons (Fsp3) is 0.611. The summed E-state index contributed by atoms with van der Waals surface area (Å²) in [5.41, 5.74) is 1.10. The Bertz CT molecular complexity index is 489. The molecule has 0 aromatic heterocycles. The van der Waals surface area contributed by atoms with Gasteiger partial charge < -0.3 is 25.0 Å². The van der Waals surface area contributed by atoms with Gasteiger partial charge in [-0.15, -0.1) is 24.0 Å². The standard InChI is InChI=1S/C18H31FN4O2.HI/c1-20-18(21-9-4-12-25-14-13-24-3)22-10-11-23(2)15-16-5-7-17(19)8-6-16;/h5-8H,4,9-15H2,1-3H3,(H2,20,21,22);1H. The summed E-state index contributed by atoms with van der Waals surface area (Å²) in [4.78, 5) is 6.38. The van der Waals surface area contributed by atoms with Gasteiger partial charge in [0.25, 0.3) is 0 Å². The van der Waals surface area contributed by atoms with E-state index in [-0.39, 0.29) is 29.8 Å². The molecule has 0 aliphatic rings. The van der Waals surface area contributed by atoms with Crippen molar-refractivity contribution < 1.29 is 13.9 Å². The van der Waals surface area contributed by atoms with Crippen LogP contribution in [-0.4, -0.2) is 71.5 Å². The van der Waals surface area contributed by atoms with Crippen molar-refractivity contribution in [3.05, 3.63) is 35.6 Å². The molecule has 0 bridgehead atoms. The summed E-state index contributed by atoms with van der Waals surface area (Å²) < 4.78 is 23.2. The zero-order chi connectivity index (χ0) is 18.3. The number of halogens is 2. The molecule has 0 atom stereocenters. The number of aliphatic imine (C=N–C) groups is 1. The van der Waals surface area contributed by atoms with Gasteiger partial charge in [0, 0.05) is 46.9 Å². The Hall–Kier alpha value is -0.970. The molecule has 0 fully saturated rings. The summed E-state index contributed by atoms with van der Waals surface area (Å²) in [6, 6.07) is 6.61. The Labute approximate surface area is 173 Å². The van der Waals surface area contributed by atoms with E-state index in [4.69, 9.17) is 9.47 Å². The normalized spacial score (nSPS) is 11.3. The highest BCUT2D eigenvalue weighted by Gasteiger charge is 2.02. The fourth-order valence-corrected chi connectivity index (χ4v) is 2.19. The van der Waals surface area contributed by atoms with Gasteiger partial charge in [-0.3, -0.25) is 4.99 Å². The van der Waals surface area contributed by atoms with E-state index >= 15 is 0 Å². The van der Waals surface area contributed by atoms with Gasteiger partial charge in [0.05, 0.1) is 13.2 Å². The van der Waals surface area contributed by atoms with Crippen molar-refractivity contribution >= 4 is 29.9 Å². The van der Waals surface area contributed by atoms with E-state index in [1.807, 2.05) is 19.2 Å². The van der Waals surface area contributed by atoms with Gasteiger partial charge >= 0.3 is 0 Å². The number of ether oxygens (including phenoxy) is 2. The molecule has 0 saturated carbocycles. The van der Waals surface area contributed by atoms with Gasteiger partial charge in [-0.25, -0.2) is 4.39 Å². The van der Waals surface area contributed by atoms with Gasteiger partial charge in [-0.05, 0) is 31.2 Å². The Balaban J connectivity index is 0.00000625. The van der Waals surface area contributed by atoms with Crippen molar-refractivity contribution in [2.75, 3.05) is 60.7 Å². The third kappa shape index (κ3) is 12.4. The number of nitrogens with one attached hydrogen (secondary N) is 2. The molecule has 0 heterocycles. The van der Waals surface area contributed by atoms with E-state index in [2.05, 4.69) is 20.5 Å². The van der Waals surface area contributed by atoms with Crippen molar-refractivity contribution in [2.24, 2.45) is 4.99 Å². The Morgan fingerprint density at radius 1 is 1.12 bits per heavy atom. The second kappa shape index (κ2) is 16.2. The fourth-order valence-electron chi connectivity index (χ4n) is 2.19. The van der Waals surface area contributed by atoms with Crippen molar-refractivity contribution in [2.45, 2.75) is 13.0 Å². The maximum absolute atomic E-state index is 12.9. The maximum atomic E-state index is 12.9. The van der Waals surface area contributed by atoms with Gasteiger partial charge in [0.1, 0.15) is 5.82 Å². The van der Waals surface area contributed by atoms with E-state index in [0.29, 0.717) is 19.8 Å². The average Bonchev–Trinajstić information content (AvgIpc) is 2.61. The number of guanidine groups is 1. The highest BCUT2D eigenvalue weighted by atomic mass is 127. The topological polar surface area (TPSA) is 58.1 Å². The Morgan fingerprint density at radius 3 is 2.46 bits per heavy atom. The molecule has 0 radical (unpaired) electrons. The minimum atomic E-state index is -0.202. The smallest absolute Gasteiger partial charge is 0.191 e. The minimum Gasteiger partial charge on any atom is -0.382 e. The summed E-state index contributed by atoms with van der Waals surface area (Å²) in [6.07, 6.45) is 0.912. The minimum absolute atomic E-state index is 0. The first kappa shape index (κ1) is 25.0. The number of benzene rings is 1. The number of rotatable bonds is 12. The van der Waals surface area contributed by atoms with Crippen LogP contribution >= 0.6 is 24.0 Å². The Kier molecular flexibility index (Phi) is 15.6. The third-order valence-corrected chi connectivity index (χ3v) is 3.57. The molecule has 6 nitrogen and oxygen atoms in total. The first-order valence-corrected chi connectivity index (χ1v) is 8.60. The first-order chi connectivity index (χ1) is 12.2. The van der Waals surface area contributed by atoms with Gasteiger partial charge in [-0.1, -0.05) is 12.1 Å². The lowest BCUT2D eigenvalue weighted by molar-refractivity contribution is 0.0698. The van der Waals surface area contributed by atoms with E-state index in [1.54, 1.807) is 14.2 Å². The highest BCUT2D eigenvalue weighted by Crippen LogP contribution is 2.04. The number of likely N-dealkylation sites (N-methyl/N-ethyl adjacent to an activating group) is 1. The molecule has 0 spiro atoms. The third-order valence-electron chi connectivity index (χ3n) is 3.57. The molecule has 1 rings (SSSR count). The summed E-state index contributed by atoms with van der Waals surface area (Å²) in [5.74, 6) is 0.583. The average molecular weight is 482 g/mol. The predicted octanol–water partition coefficient (Wildman–Crippen LogP) is 2.09. The van der Waals surface area contributed by atoms with Crippen LogP contribution in [0.4, 0.5) is 4.39 Å². The molecular formula is C18H32FIN4O2. The van der Waals surface area contributed by atoms with E-state index < -0.39 is 0 Å². The van der Waals surface area contributed by atoms with Crippen LogP contribution in [0.25, 0.3) is 0 Å². The number of methoxy groups -OCH3 is 1. The van der Waals surface area contributed by atoms with Crippen molar-refractivity contribution in [1.29, 1.82) is 0 Å². The second-order valence-electron chi connectivity index (χ2n) is 5.75. The summed E-state index contributed by atoms with van der Waals surface area (Å²) in [5, 5.41) is 6.54. The molecule has 0 unspecified atom stereocenters. The lowest BCUT2D eigenvalue weighted by Crippen LogP contribution is -2.41. The van der Waals surface area contributed by atoms with Crippen LogP contribution in [0.15, 0.2) is 29.3 Å². The van der Waals surface area contributed by atoms with Crippen LogP contribution < -0.4 is 10.6 Å². The van der Waals surface area contributed by atoms with Crippen molar-refractivity contribution in [3.63, 3.8) is 0 Å². The molecule has 8 heteroatoms. The van der Waals surface area contributed by atoms with Crippen molar-refractivity contribution in [3.8, 4) is 0 Å². The number of nitrogens with zero attached hydrogens (tertiary/aromatic N) is 2. The van der Waals surface area contributed by atoms with E-state index in [9.17, 15) is 4.39 Å². The molecule has 1 aromatic carbocycles. The molecule has 0 amide bonds. The molecule has 1 aromatic rings. The van der Waals surface area contributed by atoms with Crippen LogP contribution in [0.1, 0.15) is 12.0 Å².